The second-order valence-corrected chi connectivity index (χ2v) is 9.90. The quantitative estimate of drug-likeness (QED) is 0.243. The summed E-state index contributed by atoms with van der Waals surface area (Å²) in [6.07, 6.45) is -2.77. The van der Waals surface area contributed by atoms with Gasteiger partial charge in [-0.05, 0) is 72.5 Å². The molecule has 0 aliphatic carbocycles. The average molecular weight is 571 g/mol. The van der Waals surface area contributed by atoms with Crippen molar-refractivity contribution in [3.8, 4) is 5.69 Å². The fourth-order valence-electron chi connectivity index (χ4n) is 4.55. The third-order valence-corrected chi connectivity index (χ3v) is 7.67. The summed E-state index contributed by atoms with van der Waals surface area (Å²) in [5.74, 6) is -0.839. The first-order valence-electron chi connectivity index (χ1n) is 11.0. The molecule has 0 amide bonds. The van der Waals surface area contributed by atoms with E-state index in [-0.39, 0.29) is 12.1 Å². The molecule has 33 heavy (non-hydrogen) atoms. The number of para-hydroxylation sites is 1. The molecule has 8 heteroatoms. The lowest BCUT2D eigenvalue weighted by atomic mass is 10.00. The van der Waals surface area contributed by atoms with Crippen LogP contribution in [0.2, 0.25) is 0 Å². The van der Waals surface area contributed by atoms with Crippen molar-refractivity contribution in [2.45, 2.75) is 65.3 Å². The maximum atomic E-state index is 14.5. The van der Waals surface area contributed by atoms with Gasteiger partial charge in [0, 0.05) is 24.2 Å². The Morgan fingerprint density at radius 2 is 1.67 bits per heavy atom. The Morgan fingerprint density at radius 3 is 2.18 bits per heavy atom. The Morgan fingerprint density at radius 1 is 1.03 bits per heavy atom. The van der Waals surface area contributed by atoms with Gasteiger partial charge in [-0.1, -0.05) is 38.1 Å². The van der Waals surface area contributed by atoms with Crippen LogP contribution in [0, 0.1) is 9.52 Å². The zero-order valence-corrected chi connectivity index (χ0v) is 21.2. The van der Waals surface area contributed by atoms with Crippen LogP contribution in [0.5, 0.6) is 0 Å². The van der Waals surface area contributed by atoms with Gasteiger partial charge < -0.3 is 0 Å². The molecule has 0 unspecified atom stereocenters. The van der Waals surface area contributed by atoms with Crippen molar-refractivity contribution >= 4 is 22.6 Å². The first kappa shape index (κ1) is 24.2. The number of aryl methyl sites for hydroxylation is 2. The lowest BCUT2D eigenvalue weighted by Gasteiger charge is -2.32. The van der Waals surface area contributed by atoms with E-state index in [9.17, 15) is 17.6 Å². The molecular formula is C25H26F4IN3. The SMILES string of the molecule is CCc1cccc(CC)c1-n1nc2c(c1I)CN(Cc1ccc(C(F)(F)F)cc1F)C2(C)C. The number of fused-ring (bicyclic) bond motifs is 1. The topological polar surface area (TPSA) is 21.1 Å². The molecule has 2 heterocycles. The molecule has 4 rings (SSSR count). The monoisotopic (exact) mass is 571 g/mol. The van der Waals surface area contributed by atoms with E-state index in [2.05, 4.69) is 59.5 Å². The van der Waals surface area contributed by atoms with E-state index in [0.717, 1.165) is 39.6 Å². The second-order valence-electron chi connectivity index (χ2n) is 8.88. The van der Waals surface area contributed by atoms with Crippen molar-refractivity contribution in [3.05, 3.63) is 79.4 Å². The van der Waals surface area contributed by atoms with Gasteiger partial charge in [-0.2, -0.15) is 18.3 Å². The summed E-state index contributed by atoms with van der Waals surface area (Å²) in [6, 6.07) is 9.09. The molecule has 0 fully saturated rings. The molecular weight excluding hydrogens is 545 g/mol. The summed E-state index contributed by atoms with van der Waals surface area (Å²) < 4.78 is 56.3. The minimum absolute atomic E-state index is 0.204. The van der Waals surface area contributed by atoms with Crippen molar-refractivity contribution in [2.75, 3.05) is 0 Å². The van der Waals surface area contributed by atoms with E-state index < -0.39 is 23.1 Å². The van der Waals surface area contributed by atoms with Gasteiger partial charge >= 0.3 is 6.18 Å². The van der Waals surface area contributed by atoms with Crippen LogP contribution in [0.1, 0.15) is 61.2 Å². The van der Waals surface area contributed by atoms with Crippen molar-refractivity contribution in [3.63, 3.8) is 0 Å². The number of benzene rings is 2. The lowest BCUT2D eigenvalue weighted by molar-refractivity contribution is -0.137. The Kier molecular flexibility index (Phi) is 6.37. The van der Waals surface area contributed by atoms with Crippen LogP contribution >= 0.6 is 22.6 Å². The highest BCUT2D eigenvalue weighted by molar-refractivity contribution is 14.1. The third kappa shape index (κ3) is 4.20. The Bertz CT molecular complexity index is 1170. The molecule has 3 nitrogen and oxygen atoms in total. The molecule has 1 aromatic heterocycles. The molecule has 1 aliphatic rings. The van der Waals surface area contributed by atoms with E-state index in [1.807, 2.05) is 18.5 Å². The summed E-state index contributed by atoms with van der Waals surface area (Å²) in [4.78, 5) is 2.06. The molecule has 3 aromatic rings. The molecule has 0 bridgehead atoms. The second kappa shape index (κ2) is 8.69. The maximum absolute atomic E-state index is 14.5. The molecule has 0 saturated carbocycles. The zero-order valence-electron chi connectivity index (χ0n) is 19.0. The lowest BCUT2D eigenvalue weighted by Crippen LogP contribution is -2.36. The molecule has 0 radical (unpaired) electrons. The van der Waals surface area contributed by atoms with Crippen molar-refractivity contribution < 1.29 is 17.6 Å². The summed E-state index contributed by atoms with van der Waals surface area (Å²) in [5, 5.41) is 5.02. The Hall–Kier alpha value is -1.94. The number of rotatable bonds is 5. The van der Waals surface area contributed by atoms with Crippen LogP contribution in [0.15, 0.2) is 36.4 Å². The van der Waals surface area contributed by atoms with Crippen LogP contribution in [0.25, 0.3) is 5.69 Å². The first-order chi connectivity index (χ1) is 15.5. The molecule has 1 aliphatic heterocycles. The largest absolute Gasteiger partial charge is 0.416 e. The number of hydrogen-bond donors (Lipinski definition) is 0. The number of halogens is 5. The number of alkyl halides is 3. The van der Waals surface area contributed by atoms with Gasteiger partial charge in [0.1, 0.15) is 9.52 Å². The van der Waals surface area contributed by atoms with Crippen LogP contribution in [0.3, 0.4) is 0 Å². The zero-order chi connectivity index (χ0) is 24.1. The van der Waals surface area contributed by atoms with Gasteiger partial charge in [-0.15, -0.1) is 0 Å². The van der Waals surface area contributed by atoms with E-state index in [1.54, 1.807) is 0 Å². The van der Waals surface area contributed by atoms with Crippen molar-refractivity contribution in [1.29, 1.82) is 0 Å². The van der Waals surface area contributed by atoms with E-state index >= 15 is 0 Å². The summed E-state index contributed by atoms with van der Waals surface area (Å²) in [6.45, 7) is 9.08. The minimum atomic E-state index is -4.56. The van der Waals surface area contributed by atoms with E-state index in [0.29, 0.717) is 12.6 Å². The smallest absolute Gasteiger partial charge is 0.284 e. The van der Waals surface area contributed by atoms with Gasteiger partial charge in [0.2, 0.25) is 0 Å². The van der Waals surface area contributed by atoms with E-state index in [4.69, 9.17) is 5.10 Å². The molecule has 0 spiro atoms. The van der Waals surface area contributed by atoms with Crippen LogP contribution in [-0.2, 0) is 37.6 Å². The molecule has 176 valence electrons. The van der Waals surface area contributed by atoms with Crippen LogP contribution < -0.4 is 0 Å². The van der Waals surface area contributed by atoms with E-state index in [1.165, 1.54) is 17.2 Å². The summed E-state index contributed by atoms with van der Waals surface area (Å²) in [5.41, 5.74) is 4.37. The van der Waals surface area contributed by atoms with Crippen LogP contribution in [0.4, 0.5) is 17.6 Å². The van der Waals surface area contributed by atoms with Gasteiger partial charge in [-0.3, -0.25) is 4.90 Å². The van der Waals surface area contributed by atoms with Gasteiger partial charge in [-0.25, -0.2) is 9.07 Å². The number of nitrogens with zero attached hydrogens (tertiary/aromatic N) is 3. The standard InChI is InChI=1S/C25H26F4IN3/c1-5-15-8-7-9-16(6-2)21(15)33-23(30)19-14-32(24(3,4)22(19)31-33)13-17-10-11-18(12-20(17)26)25(27,28)29/h7-12H,5-6,13-14H2,1-4H3. The number of aromatic nitrogens is 2. The fourth-order valence-corrected chi connectivity index (χ4v) is 5.32. The molecule has 2 aromatic carbocycles. The fraction of sp³-hybridized carbons (Fsp3) is 0.400. The highest BCUT2D eigenvalue weighted by Crippen LogP contribution is 2.42. The first-order valence-corrected chi connectivity index (χ1v) is 12.1. The minimum Gasteiger partial charge on any atom is -0.284 e. The normalized spacial score (nSPS) is 15.8. The predicted octanol–water partition coefficient (Wildman–Crippen LogP) is 7.01. The highest BCUT2D eigenvalue weighted by Gasteiger charge is 2.43. The Labute approximate surface area is 204 Å². The predicted molar refractivity (Wildman–Crippen MR) is 129 cm³/mol. The third-order valence-electron chi connectivity index (χ3n) is 6.56. The highest BCUT2D eigenvalue weighted by atomic mass is 127. The van der Waals surface area contributed by atoms with Crippen molar-refractivity contribution in [2.24, 2.45) is 0 Å². The number of hydrogen-bond acceptors (Lipinski definition) is 2. The maximum Gasteiger partial charge on any atom is 0.416 e. The summed E-state index contributed by atoms with van der Waals surface area (Å²) in [7, 11) is 0. The van der Waals surface area contributed by atoms with Gasteiger partial charge in [0.05, 0.1) is 22.5 Å². The molecule has 0 atom stereocenters. The van der Waals surface area contributed by atoms with Gasteiger partial charge in [0.25, 0.3) is 0 Å². The summed E-state index contributed by atoms with van der Waals surface area (Å²) >= 11 is 2.32. The Balaban J connectivity index is 1.68. The molecule has 0 saturated heterocycles. The van der Waals surface area contributed by atoms with Gasteiger partial charge in [0.15, 0.2) is 0 Å². The average Bonchev–Trinajstić information content (AvgIpc) is 3.21. The molecule has 0 N–H and O–H groups in total. The van der Waals surface area contributed by atoms with Crippen LogP contribution in [-0.4, -0.2) is 14.7 Å². The van der Waals surface area contributed by atoms with Crippen molar-refractivity contribution in [1.82, 2.24) is 14.7 Å².